The number of benzene rings is 1. The standard InChI is InChI=1S/C21H24N4O2/c1-14-24-21(27-25-14)16-6-8-20(23-13-16)17-10-15(11-19(26)12-17)5-7-18-4-2-3-9-22-18/h6,8,10-13,18,22,26H,2-5,7,9H2,1H3. The summed E-state index contributed by atoms with van der Waals surface area (Å²) in [5, 5.41) is 17.5. The number of aromatic hydroxyl groups is 1. The fourth-order valence-electron chi connectivity index (χ4n) is 3.58. The Labute approximate surface area is 158 Å². The molecular weight excluding hydrogens is 340 g/mol. The van der Waals surface area contributed by atoms with Gasteiger partial charge in [-0.2, -0.15) is 4.98 Å². The summed E-state index contributed by atoms with van der Waals surface area (Å²) in [5.74, 6) is 1.33. The van der Waals surface area contributed by atoms with Crippen LogP contribution in [0.15, 0.2) is 41.1 Å². The lowest BCUT2D eigenvalue weighted by Crippen LogP contribution is -2.34. The molecule has 1 fully saturated rings. The number of nitrogens with zero attached hydrogens (tertiary/aromatic N) is 3. The smallest absolute Gasteiger partial charge is 0.259 e. The van der Waals surface area contributed by atoms with Crippen LogP contribution in [-0.2, 0) is 6.42 Å². The molecule has 1 aliphatic heterocycles. The van der Waals surface area contributed by atoms with Gasteiger partial charge in [0.25, 0.3) is 5.89 Å². The van der Waals surface area contributed by atoms with Crippen molar-refractivity contribution in [2.75, 3.05) is 6.54 Å². The molecule has 140 valence electrons. The van der Waals surface area contributed by atoms with Crippen LogP contribution in [0.2, 0.25) is 0 Å². The molecule has 0 saturated carbocycles. The second-order valence-electron chi connectivity index (χ2n) is 7.15. The number of nitrogens with one attached hydrogen (secondary N) is 1. The van der Waals surface area contributed by atoms with Gasteiger partial charge in [-0.15, -0.1) is 0 Å². The minimum absolute atomic E-state index is 0.275. The predicted octanol–water partition coefficient (Wildman–Crippen LogP) is 3.89. The van der Waals surface area contributed by atoms with E-state index in [9.17, 15) is 5.11 Å². The highest BCUT2D eigenvalue weighted by Gasteiger charge is 2.13. The molecule has 1 aliphatic rings. The normalized spacial score (nSPS) is 17.1. The molecule has 6 heteroatoms. The van der Waals surface area contributed by atoms with E-state index in [1.807, 2.05) is 18.2 Å². The van der Waals surface area contributed by atoms with Gasteiger partial charge >= 0.3 is 0 Å². The molecule has 0 bridgehead atoms. The first-order valence-corrected chi connectivity index (χ1v) is 9.51. The van der Waals surface area contributed by atoms with E-state index in [0.29, 0.717) is 17.8 Å². The van der Waals surface area contributed by atoms with Crippen molar-refractivity contribution in [3.63, 3.8) is 0 Å². The average molecular weight is 364 g/mol. The van der Waals surface area contributed by atoms with Gasteiger partial charge in [0, 0.05) is 17.8 Å². The minimum atomic E-state index is 0.275. The van der Waals surface area contributed by atoms with Gasteiger partial charge in [0.1, 0.15) is 5.75 Å². The third kappa shape index (κ3) is 4.34. The monoisotopic (exact) mass is 364 g/mol. The molecule has 4 rings (SSSR count). The molecular formula is C21H24N4O2. The summed E-state index contributed by atoms with van der Waals surface area (Å²) in [7, 11) is 0. The van der Waals surface area contributed by atoms with Crippen LogP contribution in [0.5, 0.6) is 5.75 Å². The van der Waals surface area contributed by atoms with Gasteiger partial charge in [-0.25, -0.2) is 0 Å². The largest absolute Gasteiger partial charge is 0.508 e. The summed E-state index contributed by atoms with van der Waals surface area (Å²) in [5.41, 5.74) is 3.64. The Morgan fingerprint density at radius 1 is 1.19 bits per heavy atom. The molecule has 1 aromatic carbocycles. The zero-order valence-electron chi connectivity index (χ0n) is 15.5. The number of aromatic nitrogens is 3. The van der Waals surface area contributed by atoms with E-state index in [4.69, 9.17) is 4.52 Å². The van der Waals surface area contributed by atoms with Crippen LogP contribution >= 0.6 is 0 Å². The highest BCUT2D eigenvalue weighted by molar-refractivity contribution is 5.65. The molecule has 1 saturated heterocycles. The lowest BCUT2D eigenvalue weighted by molar-refractivity contribution is 0.382. The van der Waals surface area contributed by atoms with Crippen molar-refractivity contribution in [3.8, 4) is 28.5 Å². The molecule has 2 aromatic heterocycles. The molecule has 1 unspecified atom stereocenters. The Kier molecular flexibility index (Phi) is 5.16. The van der Waals surface area contributed by atoms with Crippen LogP contribution in [0.1, 0.15) is 37.1 Å². The van der Waals surface area contributed by atoms with Crippen molar-refractivity contribution >= 4 is 0 Å². The topological polar surface area (TPSA) is 84.1 Å². The molecule has 27 heavy (non-hydrogen) atoms. The van der Waals surface area contributed by atoms with E-state index < -0.39 is 0 Å². The number of piperidine rings is 1. The van der Waals surface area contributed by atoms with Gasteiger partial charge in [0.05, 0.1) is 11.3 Å². The summed E-state index contributed by atoms with van der Waals surface area (Å²) in [6, 6.07) is 10.1. The maximum absolute atomic E-state index is 10.2. The highest BCUT2D eigenvalue weighted by Crippen LogP contribution is 2.27. The van der Waals surface area contributed by atoms with Crippen LogP contribution in [0.4, 0.5) is 0 Å². The number of phenolic OH excluding ortho intramolecular Hbond substituents is 1. The van der Waals surface area contributed by atoms with Crippen LogP contribution in [0, 0.1) is 6.92 Å². The number of aryl methyl sites for hydroxylation is 2. The Bertz CT molecular complexity index is 899. The minimum Gasteiger partial charge on any atom is -0.508 e. The van der Waals surface area contributed by atoms with Gasteiger partial charge in [0.15, 0.2) is 5.82 Å². The van der Waals surface area contributed by atoms with Crippen LogP contribution < -0.4 is 5.32 Å². The van der Waals surface area contributed by atoms with Crippen LogP contribution in [0.3, 0.4) is 0 Å². The van der Waals surface area contributed by atoms with Gasteiger partial charge in [-0.1, -0.05) is 11.6 Å². The zero-order chi connectivity index (χ0) is 18.6. The van der Waals surface area contributed by atoms with Gasteiger partial charge in [0.2, 0.25) is 0 Å². The van der Waals surface area contributed by atoms with E-state index in [1.54, 1.807) is 19.2 Å². The second-order valence-corrected chi connectivity index (χ2v) is 7.15. The van der Waals surface area contributed by atoms with E-state index >= 15 is 0 Å². The first-order valence-electron chi connectivity index (χ1n) is 9.51. The maximum Gasteiger partial charge on any atom is 0.259 e. The van der Waals surface area contributed by atoms with E-state index in [0.717, 1.165) is 41.8 Å². The quantitative estimate of drug-likeness (QED) is 0.715. The summed E-state index contributed by atoms with van der Waals surface area (Å²) in [4.78, 5) is 8.73. The SMILES string of the molecule is Cc1noc(-c2ccc(-c3cc(O)cc(CCC4CCCCN4)c3)nc2)n1. The molecule has 3 aromatic rings. The third-order valence-electron chi connectivity index (χ3n) is 5.01. The second kappa shape index (κ2) is 7.88. The molecule has 0 radical (unpaired) electrons. The summed E-state index contributed by atoms with van der Waals surface area (Å²) >= 11 is 0. The fraction of sp³-hybridized carbons (Fsp3) is 0.381. The van der Waals surface area contributed by atoms with Gasteiger partial charge in [-0.05, 0) is 75.0 Å². The Hall–Kier alpha value is -2.73. The van der Waals surface area contributed by atoms with Crippen molar-refractivity contribution in [1.82, 2.24) is 20.4 Å². The third-order valence-corrected chi connectivity index (χ3v) is 5.01. The number of phenols is 1. The number of rotatable bonds is 5. The molecule has 1 atom stereocenters. The van der Waals surface area contributed by atoms with Crippen LogP contribution in [0.25, 0.3) is 22.7 Å². The molecule has 3 heterocycles. The van der Waals surface area contributed by atoms with E-state index in [1.165, 1.54) is 19.3 Å². The van der Waals surface area contributed by atoms with Crippen molar-refractivity contribution in [1.29, 1.82) is 0 Å². The molecule has 0 spiro atoms. The van der Waals surface area contributed by atoms with Crippen LogP contribution in [-0.4, -0.2) is 32.8 Å². The van der Waals surface area contributed by atoms with Gasteiger partial charge in [-0.3, -0.25) is 4.98 Å². The Balaban J connectivity index is 1.50. The zero-order valence-corrected chi connectivity index (χ0v) is 15.5. The molecule has 2 N–H and O–H groups in total. The van der Waals surface area contributed by atoms with E-state index in [2.05, 4.69) is 26.5 Å². The lowest BCUT2D eigenvalue weighted by Gasteiger charge is -2.23. The molecule has 0 aliphatic carbocycles. The van der Waals surface area contributed by atoms with Gasteiger partial charge < -0.3 is 14.9 Å². The summed E-state index contributed by atoms with van der Waals surface area (Å²) in [6.45, 7) is 2.90. The number of hydrogen-bond acceptors (Lipinski definition) is 6. The molecule has 0 amide bonds. The maximum atomic E-state index is 10.2. The van der Waals surface area contributed by atoms with Crippen molar-refractivity contribution in [3.05, 3.63) is 47.9 Å². The predicted molar refractivity (Wildman–Crippen MR) is 103 cm³/mol. The fourth-order valence-corrected chi connectivity index (χ4v) is 3.58. The molecule has 6 nitrogen and oxygen atoms in total. The Morgan fingerprint density at radius 3 is 2.81 bits per heavy atom. The first-order chi connectivity index (χ1) is 13.2. The van der Waals surface area contributed by atoms with Crippen molar-refractivity contribution in [2.24, 2.45) is 0 Å². The lowest BCUT2D eigenvalue weighted by atomic mass is 9.96. The van der Waals surface area contributed by atoms with E-state index in [-0.39, 0.29) is 5.75 Å². The van der Waals surface area contributed by atoms with Crippen molar-refractivity contribution < 1.29 is 9.63 Å². The van der Waals surface area contributed by atoms with Crippen molar-refractivity contribution in [2.45, 2.75) is 45.1 Å². The first kappa shape index (κ1) is 17.7. The summed E-state index contributed by atoms with van der Waals surface area (Å²) < 4.78 is 5.18. The highest BCUT2D eigenvalue weighted by atomic mass is 16.5. The number of hydrogen-bond donors (Lipinski definition) is 2. The average Bonchev–Trinajstić information content (AvgIpc) is 3.13. The Morgan fingerprint density at radius 2 is 2.11 bits per heavy atom. The summed E-state index contributed by atoms with van der Waals surface area (Å²) in [6.07, 6.45) is 7.57. The number of pyridine rings is 1.